The minimum atomic E-state index is -4.20. The second-order valence-corrected chi connectivity index (χ2v) is 11.1. The molecule has 0 spiro atoms. The molecule has 1 aromatic heterocycles. The summed E-state index contributed by atoms with van der Waals surface area (Å²) in [6, 6.07) is 11.5. The minimum absolute atomic E-state index is 0.0268. The van der Waals surface area contributed by atoms with Crippen molar-refractivity contribution in [3.63, 3.8) is 0 Å². The van der Waals surface area contributed by atoms with E-state index in [-0.39, 0.29) is 46.4 Å². The Kier molecular flexibility index (Phi) is 6.42. The molecule has 0 amide bonds. The summed E-state index contributed by atoms with van der Waals surface area (Å²) in [4.78, 5) is 25.5. The molecule has 188 valence electrons. The van der Waals surface area contributed by atoms with Crippen LogP contribution in [0.15, 0.2) is 62.6 Å². The van der Waals surface area contributed by atoms with Gasteiger partial charge in [0.25, 0.3) is 10.0 Å². The van der Waals surface area contributed by atoms with E-state index in [2.05, 4.69) is 4.72 Å². The second-order valence-electron chi connectivity index (χ2n) is 9.41. The molecule has 1 fully saturated rings. The standard InChI is InChI=1S/C27H26FNO6S/c28-19-9-4-5-12-22(19)36(33,34)29-18-8-6-7-17(15-18)23(16-13-14-16)25-26(31)24-20(30)10-2-1-3-11-21(24)35-27(25)32/h4-9,12,15-16,23,29,31H,1-3,10-11,13-14H2. The zero-order valence-corrected chi connectivity index (χ0v) is 20.3. The number of hydrogen-bond acceptors (Lipinski definition) is 6. The molecule has 1 atom stereocenters. The lowest BCUT2D eigenvalue weighted by atomic mass is 9.85. The molecule has 2 aromatic carbocycles. The zero-order chi connectivity index (χ0) is 25.4. The van der Waals surface area contributed by atoms with Crippen molar-refractivity contribution < 1.29 is 27.1 Å². The van der Waals surface area contributed by atoms with E-state index in [4.69, 9.17) is 4.42 Å². The normalized spacial score (nSPS) is 17.1. The van der Waals surface area contributed by atoms with Crippen molar-refractivity contribution in [2.45, 2.75) is 55.8 Å². The van der Waals surface area contributed by atoms with Gasteiger partial charge in [0.15, 0.2) is 5.78 Å². The fraction of sp³-hybridized carbons (Fsp3) is 0.333. The topological polar surface area (TPSA) is 114 Å². The molecule has 2 N–H and O–H groups in total. The number of anilines is 1. The van der Waals surface area contributed by atoms with Crippen molar-refractivity contribution in [2.24, 2.45) is 5.92 Å². The third kappa shape index (κ3) is 4.67. The Labute approximate surface area is 208 Å². The molecule has 1 heterocycles. The van der Waals surface area contributed by atoms with Crippen LogP contribution >= 0.6 is 0 Å². The van der Waals surface area contributed by atoms with E-state index in [9.17, 15) is 27.5 Å². The quantitative estimate of drug-likeness (QED) is 0.475. The minimum Gasteiger partial charge on any atom is -0.506 e. The number of rotatable bonds is 6. The summed E-state index contributed by atoms with van der Waals surface area (Å²) >= 11 is 0. The van der Waals surface area contributed by atoms with Gasteiger partial charge < -0.3 is 9.52 Å². The zero-order valence-electron chi connectivity index (χ0n) is 19.5. The number of carbonyl (C=O) groups excluding carboxylic acids is 1. The molecule has 9 heteroatoms. The van der Waals surface area contributed by atoms with Crippen molar-refractivity contribution in [1.29, 1.82) is 0 Å². The van der Waals surface area contributed by atoms with Gasteiger partial charge in [-0.05, 0) is 61.4 Å². The van der Waals surface area contributed by atoms with E-state index in [1.807, 2.05) is 0 Å². The highest BCUT2D eigenvalue weighted by Crippen LogP contribution is 2.49. The first-order chi connectivity index (χ1) is 17.3. The molecule has 0 saturated heterocycles. The van der Waals surface area contributed by atoms with Crippen LogP contribution in [-0.4, -0.2) is 19.3 Å². The van der Waals surface area contributed by atoms with Crippen molar-refractivity contribution in [2.75, 3.05) is 4.72 Å². The summed E-state index contributed by atoms with van der Waals surface area (Å²) in [5, 5.41) is 11.2. The average molecular weight is 512 g/mol. The number of halogens is 1. The molecule has 5 rings (SSSR count). The van der Waals surface area contributed by atoms with Gasteiger partial charge in [-0.3, -0.25) is 9.52 Å². The van der Waals surface area contributed by atoms with E-state index in [0.29, 0.717) is 18.4 Å². The van der Waals surface area contributed by atoms with Crippen LogP contribution in [0.3, 0.4) is 0 Å². The average Bonchev–Trinajstić information content (AvgIpc) is 3.65. The lowest BCUT2D eigenvalue weighted by Gasteiger charge is -2.21. The number of hydrogen-bond donors (Lipinski definition) is 2. The molecular formula is C27H26FNO6S. The molecule has 0 aliphatic heterocycles. The monoisotopic (exact) mass is 511 g/mol. The van der Waals surface area contributed by atoms with Gasteiger partial charge in [-0.1, -0.05) is 30.7 Å². The Morgan fingerprint density at radius 1 is 1.00 bits per heavy atom. The molecule has 1 saturated carbocycles. The maximum atomic E-state index is 14.1. The first-order valence-corrected chi connectivity index (χ1v) is 13.5. The van der Waals surface area contributed by atoms with Crippen molar-refractivity contribution >= 4 is 21.5 Å². The van der Waals surface area contributed by atoms with Gasteiger partial charge in [-0.2, -0.15) is 0 Å². The fourth-order valence-electron chi connectivity index (χ4n) is 4.96. The second kappa shape index (κ2) is 9.54. The highest BCUT2D eigenvalue weighted by atomic mass is 32.2. The Morgan fingerprint density at radius 3 is 2.50 bits per heavy atom. The Balaban J connectivity index is 1.56. The maximum Gasteiger partial charge on any atom is 0.343 e. The Bertz CT molecular complexity index is 1490. The number of Topliss-reactive ketones (excluding diaryl/α,β-unsaturated/α-hetero) is 1. The first kappa shape index (κ1) is 24.2. The Morgan fingerprint density at radius 2 is 1.75 bits per heavy atom. The van der Waals surface area contributed by atoms with Crippen molar-refractivity contribution in [3.8, 4) is 5.75 Å². The number of nitrogens with one attached hydrogen (secondary N) is 1. The summed E-state index contributed by atoms with van der Waals surface area (Å²) < 4.78 is 47.7. The van der Waals surface area contributed by atoms with Gasteiger partial charge in [0.05, 0.1) is 11.1 Å². The number of aromatic hydroxyl groups is 1. The molecule has 0 bridgehead atoms. The van der Waals surface area contributed by atoms with Crippen LogP contribution in [-0.2, 0) is 16.4 Å². The lowest BCUT2D eigenvalue weighted by Crippen LogP contribution is -2.21. The van der Waals surface area contributed by atoms with Gasteiger partial charge in [-0.15, -0.1) is 0 Å². The van der Waals surface area contributed by atoms with Crippen molar-refractivity contribution in [3.05, 3.63) is 87.2 Å². The lowest BCUT2D eigenvalue weighted by molar-refractivity contribution is 0.0968. The molecular weight excluding hydrogens is 485 g/mol. The van der Waals surface area contributed by atoms with E-state index in [0.717, 1.165) is 31.7 Å². The number of sulfonamides is 1. The number of ketones is 1. The SMILES string of the molecule is O=C1CCCCCc2oc(=O)c(C(c3cccc(NS(=O)(=O)c4ccccc4F)c3)C3CC3)c(O)c21. The van der Waals surface area contributed by atoms with Crippen LogP contribution in [0.25, 0.3) is 0 Å². The summed E-state index contributed by atoms with van der Waals surface area (Å²) in [7, 11) is -4.20. The van der Waals surface area contributed by atoms with Crippen LogP contribution in [0.2, 0.25) is 0 Å². The van der Waals surface area contributed by atoms with Gasteiger partial charge in [0.2, 0.25) is 0 Å². The summed E-state index contributed by atoms with van der Waals surface area (Å²) in [6.45, 7) is 0. The van der Waals surface area contributed by atoms with E-state index in [1.54, 1.807) is 18.2 Å². The number of carbonyl (C=O) groups is 1. The van der Waals surface area contributed by atoms with Gasteiger partial charge in [0.1, 0.15) is 22.2 Å². The highest BCUT2D eigenvalue weighted by Gasteiger charge is 2.39. The van der Waals surface area contributed by atoms with Crippen LogP contribution in [0.4, 0.5) is 10.1 Å². The molecule has 0 radical (unpaired) electrons. The summed E-state index contributed by atoms with van der Waals surface area (Å²) in [5.41, 5.74) is 0.208. The largest absolute Gasteiger partial charge is 0.506 e. The van der Waals surface area contributed by atoms with Crippen LogP contribution in [0, 0.1) is 11.7 Å². The molecule has 2 aliphatic rings. The van der Waals surface area contributed by atoms with Gasteiger partial charge in [0, 0.05) is 24.4 Å². The molecule has 3 aromatic rings. The first-order valence-electron chi connectivity index (χ1n) is 12.1. The van der Waals surface area contributed by atoms with Crippen LogP contribution < -0.4 is 10.3 Å². The third-order valence-corrected chi connectivity index (χ3v) is 8.24. The molecule has 7 nitrogen and oxygen atoms in total. The maximum absolute atomic E-state index is 14.1. The fourth-order valence-corrected chi connectivity index (χ4v) is 6.09. The molecule has 36 heavy (non-hydrogen) atoms. The van der Waals surface area contributed by atoms with E-state index < -0.39 is 32.3 Å². The van der Waals surface area contributed by atoms with Crippen LogP contribution in [0.5, 0.6) is 5.75 Å². The van der Waals surface area contributed by atoms with Gasteiger partial charge >= 0.3 is 5.63 Å². The smallest absolute Gasteiger partial charge is 0.343 e. The summed E-state index contributed by atoms with van der Waals surface area (Å²) in [5.74, 6) is -1.77. The predicted molar refractivity (Wildman–Crippen MR) is 131 cm³/mol. The predicted octanol–water partition coefficient (Wildman–Crippen LogP) is 5.13. The number of benzene rings is 2. The number of aryl methyl sites for hydroxylation is 1. The van der Waals surface area contributed by atoms with Crippen molar-refractivity contribution in [1.82, 2.24) is 0 Å². The van der Waals surface area contributed by atoms with E-state index in [1.165, 1.54) is 24.3 Å². The Hall–Kier alpha value is -3.46. The highest BCUT2D eigenvalue weighted by molar-refractivity contribution is 7.92. The van der Waals surface area contributed by atoms with Gasteiger partial charge in [-0.25, -0.2) is 17.6 Å². The summed E-state index contributed by atoms with van der Waals surface area (Å²) in [6.07, 6.45) is 4.61. The number of fused-ring (bicyclic) bond motifs is 1. The van der Waals surface area contributed by atoms with Crippen LogP contribution in [0.1, 0.15) is 71.7 Å². The third-order valence-electron chi connectivity index (χ3n) is 6.82. The molecule has 2 aliphatic carbocycles. The van der Waals surface area contributed by atoms with E-state index >= 15 is 0 Å². The molecule has 1 unspecified atom stereocenters.